The van der Waals surface area contributed by atoms with Crippen LogP contribution in [0.15, 0.2) is 0 Å². The summed E-state index contributed by atoms with van der Waals surface area (Å²) in [7, 11) is 0. The van der Waals surface area contributed by atoms with Crippen molar-refractivity contribution in [3.8, 4) is 0 Å². The van der Waals surface area contributed by atoms with Gasteiger partial charge in [0.1, 0.15) is 0 Å². The summed E-state index contributed by atoms with van der Waals surface area (Å²) in [5, 5.41) is 17.5. The van der Waals surface area contributed by atoms with Crippen molar-refractivity contribution in [1.29, 1.82) is 0 Å². The molecule has 0 aromatic heterocycles. The topological polar surface area (TPSA) is 52.5 Å². The lowest BCUT2D eigenvalue weighted by Gasteiger charge is -2.24. The Kier molecular flexibility index (Phi) is 5.86. The van der Waals surface area contributed by atoms with Gasteiger partial charge in [0, 0.05) is 6.54 Å². The lowest BCUT2D eigenvalue weighted by Crippen LogP contribution is -2.26. The van der Waals surface area contributed by atoms with Crippen molar-refractivity contribution < 1.29 is 10.3 Å². The highest BCUT2D eigenvalue weighted by atomic mass is 35.5. The zero-order valence-corrected chi connectivity index (χ0v) is 7.31. The van der Waals surface area contributed by atoms with Gasteiger partial charge < -0.3 is 10.3 Å². The van der Waals surface area contributed by atoms with Crippen LogP contribution in [-0.2, 0) is 0 Å². The van der Waals surface area contributed by atoms with Crippen molar-refractivity contribution in [2.75, 3.05) is 6.54 Å². The molecule has 1 fully saturated rings. The Morgan fingerprint density at radius 1 is 1.18 bits per heavy atom. The molecule has 0 amide bonds. The Morgan fingerprint density at radius 2 is 1.73 bits per heavy atom. The maximum atomic E-state index is 9.11. The molecule has 1 saturated carbocycles. The molecule has 0 heterocycles. The predicted molar refractivity (Wildman–Crippen MR) is 45.0 cm³/mol. The van der Waals surface area contributed by atoms with Crippen LogP contribution in [0, 0.1) is 5.92 Å². The molecule has 3 N–H and O–H groups in total. The maximum Gasteiger partial charge on any atom is 0.0540 e. The Morgan fingerprint density at radius 3 is 2.18 bits per heavy atom. The van der Waals surface area contributed by atoms with E-state index in [9.17, 15) is 0 Å². The van der Waals surface area contributed by atoms with E-state index in [2.05, 4.69) is 5.48 Å². The molecule has 1 aliphatic rings. The van der Waals surface area contributed by atoms with E-state index in [1.165, 1.54) is 0 Å². The summed E-state index contributed by atoms with van der Waals surface area (Å²) in [5.74, 6) is 0.563. The van der Waals surface area contributed by atoms with E-state index in [-0.39, 0.29) is 18.5 Å². The van der Waals surface area contributed by atoms with Crippen LogP contribution in [0.1, 0.15) is 25.7 Å². The van der Waals surface area contributed by atoms with Gasteiger partial charge in [-0.1, -0.05) is 0 Å². The fourth-order valence-corrected chi connectivity index (χ4v) is 1.48. The SMILES string of the molecule is Cl.ONC[C@H]1CC[C@@H](O)CC1. The minimum Gasteiger partial charge on any atom is -0.393 e. The van der Waals surface area contributed by atoms with Gasteiger partial charge in [-0.25, -0.2) is 5.48 Å². The van der Waals surface area contributed by atoms with E-state index < -0.39 is 0 Å². The highest BCUT2D eigenvalue weighted by molar-refractivity contribution is 5.85. The van der Waals surface area contributed by atoms with Gasteiger partial charge in [0.25, 0.3) is 0 Å². The van der Waals surface area contributed by atoms with Gasteiger partial charge in [-0.2, -0.15) is 0 Å². The highest BCUT2D eigenvalue weighted by Gasteiger charge is 2.18. The quantitative estimate of drug-likeness (QED) is 0.556. The number of rotatable bonds is 2. The molecule has 11 heavy (non-hydrogen) atoms. The molecule has 0 unspecified atom stereocenters. The third kappa shape index (κ3) is 3.91. The van der Waals surface area contributed by atoms with Crippen molar-refractivity contribution in [3.05, 3.63) is 0 Å². The summed E-state index contributed by atoms with van der Waals surface area (Å²) in [6, 6.07) is 0. The van der Waals surface area contributed by atoms with E-state index >= 15 is 0 Å². The van der Waals surface area contributed by atoms with Gasteiger partial charge in [-0.15, -0.1) is 12.4 Å². The van der Waals surface area contributed by atoms with Crippen LogP contribution in [0.5, 0.6) is 0 Å². The van der Waals surface area contributed by atoms with Crippen LogP contribution < -0.4 is 5.48 Å². The molecule has 0 aromatic rings. The number of hydrogen-bond donors (Lipinski definition) is 3. The summed E-state index contributed by atoms with van der Waals surface area (Å²) in [4.78, 5) is 0. The zero-order valence-electron chi connectivity index (χ0n) is 6.49. The average Bonchev–Trinajstić information content (AvgIpc) is 1.95. The second kappa shape index (κ2) is 5.77. The summed E-state index contributed by atoms with van der Waals surface area (Å²) in [6.07, 6.45) is 3.78. The van der Waals surface area contributed by atoms with Gasteiger partial charge in [0.15, 0.2) is 0 Å². The normalized spacial score (nSPS) is 31.1. The molecule has 4 heteroatoms. The van der Waals surface area contributed by atoms with Crippen LogP contribution in [0.2, 0.25) is 0 Å². The van der Waals surface area contributed by atoms with Crippen LogP contribution in [0.4, 0.5) is 0 Å². The number of nitrogens with one attached hydrogen (secondary N) is 1. The van der Waals surface area contributed by atoms with Crippen LogP contribution in [0.25, 0.3) is 0 Å². The van der Waals surface area contributed by atoms with E-state index in [4.69, 9.17) is 10.3 Å². The first-order valence-electron chi connectivity index (χ1n) is 3.88. The fourth-order valence-electron chi connectivity index (χ4n) is 1.48. The second-order valence-corrected chi connectivity index (χ2v) is 3.04. The monoisotopic (exact) mass is 181 g/mol. The summed E-state index contributed by atoms with van der Waals surface area (Å²) < 4.78 is 0. The molecule has 3 nitrogen and oxygen atoms in total. The van der Waals surface area contributed by atoms with Crippen LogP contribution in [-0.4, -0.2) is 23.0 Å². The van der Waals surface area contributed by atoms with E-state index in [0.29, 0.717) is 12.5 Å². The first-order valence-corrected chi connectivity index (χ1v) is 3.88. The van der Waals surface area contributed by atoms with Crippen LogP contribution >= 0.6 is 12.4 Å². The predicted octanol–water partition coefficient (Wildman–Crippen LogP) is 0.938. The molecular weight excluding hydrogens is 166 g/mol. The van der Waals surface area contributed by atoms with Crippen molar-refractivity contribution in [2.45, 2.75) is 31.8 Å². The first kappa shape index (κ1) is 11.2. The van der Waals surface area contributed by atoms with Gasteiger partial charge in [0.05, 0.1) is 6.10 Å². The third-order valence-corrected chi connectivity index (χ3v) is 2.20. The molecule has 0 aliphatic heterocycles. The Bertz CT molecular complexity index is 94.4. The number of aliphatic hydroxyl groups is 1. The Labute approximate surface area is 73.2 Å². The maximum absolute atomic E-state index is 9.11. The number of hydrogen-bond acceptors (Lipinski definition) is 3. The van der Waals surface area contributed by atoms with Gasteiger partial charge in [-0.05, 0) is 31.6 Å². The Hall–Kier alpha value is 0.170. The molecule has 68 valence electrons. The van der Waals surface area contributed by atoms with Crippen molar-refractivity contribution in [1.82, 2.24) is 5.48 Å². The molecule has 1 aliphatic carbocycles. The minimum atomic E-state index is -0.0880. The largest absolute Gasteiger partial charge is 0.393 e. The van der Waals surface area contributed by atoms with E-state index in [0.717, 1.165) is 25.7 Å². The first-order chi connectivity index (χ1) is 4.83. The van der Waals surface area contributed by atoms with Gasteiger partial charge in [0.2, 0.25) is 0 Å². The highest BCUT2D eigenvalue weighted by Crippen LogP contribution is 2.22. The van der Waals surface area contributed by atoms with Gasteiger partial charge in [-0.3, -0.25) is 0 Å². The lowest BCUT2D eigenvalue weighted by atomic mass is 9.88. The van der Waals surface area contributed by atoms with E-state index in [1.54, 1.807) is 0 Å². The van der Waals surface area contributed by atoms with Crippen molar-refractivity contribution >= 4 is 12.4 Å². The van der Waals surface area contributed by atoms with Gasteiger partial charge >= 0.3 is 0 Å². The third-order valence-electron chi connectivity index (χ3n) is 2.20. The smallest absolute Gasteiger partial charge is 0.0540 e. The molecule has 0 aromatic carbocycles. The van der Waals surface area contributed by atoms with E-state index in [1.807, 2.05) is 0 Å². The molecule has 0 spiro atoms. The zero-order chi connectivity index (χ0) is 7.40. The molecule has 0 saturated heterocycles. The minimum absolute atomic E-state index is 0. The lowest BCUT2D eigenvalue weighted by molar-refractivity contribution is 0.0863. The molecule has 0 atom stereocenters. The fraction of sp³-hybridized carbons (Fsp3) is 1.00. The molecule has 0 bridgehead atoms. The summed E-state index contributed by atoms with van der Waals surface area (Å²) in [6.45, 7) is 0.673. The average molecular weight is 182 g/mol. The Balaban J connectivity index is 0.000001000. The number of halogens is 1. The van der Waals surface area contributed by atoms with Crippen LogP contribution in [0.3, 0.4) is 0 Å². The molecular formula is C7H16ClNO2. The van der Waals surface area contributed by atoms with Crippen molar-refractivity contribution in [2.24, 2.45) is 5.92 Å². The molecule has 0 radical (unpaired) electrons. The summed E-state index contributed by atoms with van der Waals surface area (Å²) in [5.41, 5.74) is 2.17. The van der Waals surface area contributed by atoms with Crippen molar-refractivity contribution in [3.63, 3.8) is 0 Å². The second-order valence-electron chi connectivity index (χ2n) is 3.04. The molecule has 1 rings (SSSR count). The standard InChI is InChI=1S/C7H15NO2.ClH/c9-7-3-1-6(2-4-7)5-8-10;/h6-10H,1-5H2;1H/t6-,7+;. The number of aliphatic hydroxyl groups excluding tert-OH is 1. The summed E-state index contributed by atoms with van der Waals surface area (Å²) >= 11 is 0. The number of hydroxylamine groups is 1.